The van der Waals surface area contributed by atoms with Crippen LogP contribution in [0.3, 0.4) is 0 Å². The first-order valence-electron chi connectivity index (χ1n) is 8.67. The third-order valence-corrected chi connectivity index (χ3v) is 5.58. The SMILES string of the molecule is COc1ccccc1S(=O)(=O)Nc1ccccc1Cc1nc(-c2ccco2)no1. The van der Waals surface area contributed by atoms with E-state index in [1.165, 1.54) is 19.4 Å². The lowest BCUT2D eigenvalue weighted by Crippen LogP contribution is -2.15. The Kier molecular flexibility index (Phi) is 5.05. The van der Waals surface area contributed by atoms with Crippen molar-refractivity contribution in [1.82, 2.24) is 10.1 Å². The summed E-state index contributed by atoms with van der Waals surface area (Å²) in [5.41, 5.74) is 1.09. The molecule has 0 aliphatic heterocycles. The van der Waals surface area contributed by atoms with Gasteiger partial charge in [-0.25, -0.2) is 8.42 Å². The molecule has 29 heavy (non-hydrogen) atoms. The predicted octanol–water partition coefficient (Wildman–Crippen LogP) is 3.73. The van der Waals surface area contributed by atoms with Crippen LogP contribution in [0, 0.1) is 0 Å². The van der Waals surface area contributed by atoms with Crippen LogP contribution in [0.2, 0.25) is 0 Å². The summed E-state index contributed by atoms with van der Waals surface area (Å²) in [5.74, 6) is 1.42. The summed E-state index contributed by atoms with van der Waals surface area (Å²) in [6.07, 6.45) is 1.77. The van der Waals surface area contributed by atoms with Crippen molar-refractivity contribution in [3.05, 3.63) is 78.4 Å². The number of hydrogen-bond acceptors (Lipinski definition) is 7. The quantitative estimate of drug-likeness (QED) is 0.494. The van der Waals surface area contributed by atoms with E-state index < -0.39 is 10.0 Å². The standard InChI is InChI=1S/C20H17N3O5S/c1-26-16-9-4-5-11-18(16)29(24,25)23-15-8-3-2-7-14(15)13-19-21-20(22-28-19)17-10-6-12-27-17/h2-12,23H,13H2,1H3. The molecule has 4 aromatic rings. The molecule has 0 saturated carbocycles. The number of nitrogens with one attached hydrogen (secondary N) is 1. The molecule has 0 bridgehead atoms. The van der Waals surface area contributed by atoms with Crippen LogP contribution in [0.25, 0.3) is 11.6 Å². The minimum atomic E-state index is -3.86. The zero-order valence-electron chi connectivity index (χ0n) is 15.4. The van der Waals surface area contributed by atoms with Crippen molar-refractivity contribution >= 4 is 15.7 Å². The van der Waals surface area contributed by atoms with E-state index in [0.717, 1.165) is 0 Å². The molecule has 0 amide bonds. The Morgan fingerprint density at radius 1 is 1.03 bits per heavy atom. The molecule has 0 atom stereocenters. The van der Waals surface area contributed by atoms with Gasteiger partial charge in [0.05, 0.1) is 25.5 Å². The van der Waals surface area contributed by atoms with E-state index in [9.17, 15) is 8.42 Å². The molecular weight excluding hydrogens is 394 g/mol. The Bertz CT molecular complexity index is 1220. The van der Waals surface area contributed by atoms with Crippen molar-refractivity contribution in [2.75, 3.05) is 11.8 Å². The van der Waals surface area contributed by atoms with E-state index in [2.05, 4.69) is 14.9 Å². The fraction of sp³-hybridized carbons (Fsp3) is 0.100. The van der Waals surface area contributed by atoms with Gasteiger partial charge in [-0.1, -0.05) is 35.5 Å². The van der Waals surface area contributed by atoms with Gasteiger partial charge in [0, 0.05) is 0 Å². The summed E-state index contributed by atoms with van der Waals surface area (Å²) in [6.45, 7) is 0. The zero-order chi connectivity index (χ0) is 20.3. The molecular formula is C20H17N3O5S. The Labute approximate surface area is 167 Å². The third-order valence-electron chi connectivity index (χ3n) is 4.17. The van der Waals surface area contributed by atoms with Gasteiger partial charge in [0.15, 0.2) is 5.76 Å². The van der Waals surface area contributed by atoms with Crippen LogP contribution in [0.1, 0.15) is 11.5 Å². The maximum Gasteiger partial charge on any atom is 0.265 e. The van der Waals surface area contributed by atoms with Crippen molar-refractivity contribution in [2.45, 2.75) is 11.3 Å². The normalized spacial score (nSPS) is 11.3. The fourth-order valence-electron chi connectivity index (χ4n) is 2.81. The van der Waals surface area contributed by atoms with Crippen LogP contribution >= 0.6 is 0 Å². The molecule has 9 heteroatoms. The Balaban J connectivity index is 1.60. The number of rotatable bonds is 7. The number of benzene rings is 2. The number of aromatic nitrogens is 2. The Morgan fingerprint density at radius 3 is 2.62 bits per heavy atom. The van der Waals surface area contributed by atoms with Gasteiger partial charge in [-0.05, 0) is 35.9 Å². The Hall–Kier alpha value is -3.59. The highest BCUT2D eigenvalue weighted by molar-refractivity contribution is 7.92. The molecule has 8 nitrogen and oxygen atoms in total. The first-order valence-corrected chi connectivity index (χ1v) is 10.2. The zero-order valence-corrected chi connectivity index (χ0v) is 16.2. The number of ether oxygens (including phenoxy) is 1. The molecule has 0 saturated heterocycles. The molecule has 0 aliphatic rings. The van der Waals surface area contributed by atoms with Gasteiger partial charge in [0.2, 0.25) is 11.7 Å². The lowest BCUT2D eigenvalue weighted by molar-refractivity contribution is 0.384. The van der Waals surface area contributed by atoms with Crippen LogP contribution in [-0.2, 0) is 16.4 Å². The van der Waals surface area contributed by atoms with Gasteiger partial charge >= 0.3 is 0 Å². The predicted molar refractivity (Wildman–Crippen MR) is 105 cm³/mol. The molecule has 1 N–H and O–H groups in total. The average molecular weight is 411 g/mol. The second-order valence-corrected chi connectivity index (χ2v) is 7.73. The maximum absolute atomic E-state index is 12.9. The number of methoxy groups -OCH3 is 1. The van der Waals surface area contributed by atoms with Crippen molar-refractivity contribution < 1.29 is 22.1 Å². The van der Waals surface area contributed by atoms with Crippen LogP contribution in [-0.4, -0.2) is 25.7 Å². The molecule has 0 fully saturated rings. The summed E-state index contributed by atoms with van der Waals surface area (Å²) >= 11 is 0. The smallest absolute Gasteiger partial charge is 0.265 e. The number of anilines is 1. The molecule has 4 rings (SSSR count). The summed E-state index contributed by atoms with van der Waals surface area (Å²) < 4.78 is 44.1. The molecule has 0 spiro atoms. The average Bonchev–Trinajstić information content (AvgIpc) is 3.41. The first-order chi connectivity index (χ1) is 14.1. The van der Waals surface area contributed by atoms with E-state index in [1.807, 2.05) is 0 Å². The molecule has 0 radical (unpaired) electrons. The summed E-state index contributed by atoms with van der Waals surface area (Å²) in [5, 5.41) is 3.89. The maximum atomic E-state index is 12.9. The fourth-order valence-corrected chi connectivity index (χ4v) is 4.08. The summed E-state index contributed by atoms with van der Waals surface area (Å²) in [7, 11) is -2.43. The molecule has 2 heterocycles. The number of hydrogen-bond donors (Lipinski definition) is 1. The van der Waals surface area contributed by atoms with E-state index in [1.54, 1.807) is 54.6 Å². The van der Waals surface area contributed by atoms with Crippen molar-refractivity contribution in [3.63, 3.8) is 0 Å². The van der Waals surface area contributed by atoms with Crippen molar-refractivity contribution in [3.8, 4) is 17.3 Å². The monoisotopic (exact) mass is 411 g/mol. The van der Waals surface area contributed by atoms with E-state index in [4.69, 9.17) is 13.7 Å². The van der Waals surface area contributed by atoms with Gasteiger partial charge in [-0.2, -0.15) is 4.98 Å². The topological polar surface area (TPSA) is 107 Å². The minimum Gasteiger partial charge on any atom is -0.495 e. The van der Waals surface area contributed by atoms with Gasteiger partial charge in [-0.3, -0.25) is 4.72 Å². The molecule has 2 aromatic heterocycles. The molecule has 0 aliphatic carbocycles. The van der Waals surface area contributed by atoms with E-state index in [-0.39, 0.29) is 17.1 Å². The van der Waals surface area contributed by atoms with Gasteiger partial charge < -0.3 is 13.7 Å². The van der Waals surface area contributed by atoms with Gasteiger partial charge in [-0.15, -0.1) is 0 Å². The highest BCUT2D eigenvalue weighted by atomic mass is 32.2. The molecule has 148 valence electrons. The number of furan rings is 1. The van der Waals surface area contributed by atoms with Gasteiger partial charge in [0.25, 0.3) is 10.0 Å². The second kappa shape index (κ2) is 7.80. The lowest BCUT2D eigenvalue weighted by atomic mass is 10.1. The number of nitrogens with zero attached hydrogens (tertiary/aromatic N) is 2. The van der Waals surface area contributed by atoms with Crippen LogP contribution in [0.5, 0.6) is 5.75 Å². The first kappa shape index (κ1) is 18.8. The van der Waals surface area contributed by atoms with Crippen molar-refractivity contribution in [2.24, 2.45) is 0 Å². The van der Waals surface area contributed by atoms with Crippen LogP contribution in [0.15, 0.2) is 80.8 Å². The number of para-hydroxylation sites is 2. The highest BCUT2D eigenvalue weighted by Gasteiger charge is 2.21. The summed E-state index contributed by atoms with van der Waals surface area (Å²) in [6, 6.07) is 16.9. The molecule has 2 aromatic carbocycles. The highest BCUT2D eigenvalue weighted by Crippen LogP contribution is 2.27. The Morgan fingerprint density at radius 2 is 1.83 bits per heavy atom. The molecule has 0 unspecified atom stereocenters. The number of sulfonamides is 1. The van der Waals surface area contributed by atoms with Crippen LogP contribution < -0.4 is 9.46 Å². The van der Waals surface area contributed by atoms with Crippen LogP contribution in [0.4, 0.5) is 5.69 Å². The second-order valence-electron chi connectivity index (χ2n) is 6.08. The van der Waals surface area contributed by atoms with Crippen molar-refractivity contribution in [1.29, 1.82) is 0 Å². The lowest BCUT2D eigenvalue weighted by Gasteiger charge is -2.13. The van der Waals surface area contributed by atoms with E-state index >= 15 is 0 Å². The largest absolute Gasteiger partial charge is 0.495 e. The van der Waals surface area contributed by atoms with Gasteiger partial charge in [0.1, 0.15) is 10.6 Å². The van der Waals surface area contributed by atoms with E-state index in [0.29, 0.717) is 28.7 Å². The third kappa shape index (κ3) is 3.99. The minimum absolute atomic E-state index is 0.0511. The summed E-state index contributed by atoms with van der Waals surface area (Å²) in [4.78, 5) is 4.35.